The molecule has 0 aliphatic rings. The number of carbonyl (C=O) groups is 2. The number of amides is 2. The van der Waals surface area contributed by atoms with Crippen molar-refractivity contribution in [3.05, 3.63) is 59.9 Å². The van der Waals surface area contributed by atoms with Gasteiger partial charge in [-0.25, -0.2) is 5.43 Å². The largest absolute Gasteiger partial charge is 0.325 e. The molecule has 7 heteroatoms. The Kier molecular flexibility index (Phi) is 11.1. The zero-order chi connectivity index (χ0) is 26.0. The average Bonchev–Trinajstić information content (AvgIpc) is 2.77. The van der Waals surface area contributed by atoms with Gasteiger partial charge in [0.25, 0.3) is 0 Å². The highest BCUT2D eigenvalue weighted by molar-refractivity contribution is 6.09. The molecule has 0 saturated carbocycles. The summed E-state index contributed by atoms with van der Waals surface area (Å²) in [5.74, 6) is 0.0730. The van der Waals surface area contributed by atoms with E-state index in [1.54, 1.807) is 4.57 Å². The van der Waals surface area contributed by atoms with Crippen LogP contribution in [-0.2, 0) is 16.1 Å². The molecule has 35 heavy (non-hydrogen) atoms. The molecule has 0 fully saturated rings. The van der Waals surface area contributed by atoms with Crippen LogP contribution in [0, 0.1) is 31.6 Å². The van der Waals surface area contributed by atoms with E-state index >= 15 is 0 Å². The molecule has 190 valence electrons. The minimum absolute atomic E-state index is 0.123. The molecule has 0 bridgehead atoms. The van der Waals surface area contributed by atoms with E-state index in [2.05, 4.69) is 54.5 Å². The summed E-state index contributed by atoms with van der Waals surface area (Å²) in [7, 11) is 0. The van der Waals surface area contributed by atoms with Gasteiger partial charge in [-0.3, -0.25) is 9.59 Å². The quantitative estimate of drug-likeness (QED) is 0.274. The number of benzene rings is 1. The minimum Gasteiger partial charge on any atom is -0.325 e. The molecule has 0 aliphatic carbocycles. The van der Waals surface area contributed by atoms with Gasteiger partial charge in [-0.05, 0) is 44.2 Å². The molecule has 0 radical (unpaired) electrons. The van der Waals surface area contributed by atoms with Gasteiger partial charge in [0.1, 0.15) is 0 Å². The first kappa shape index (κ1) is 28.2. The number of nitrogens with zero attached hydrogens (tertiary/aromatic N) is 3. The number of aryl methyl sites for hydroxylation is 2. The molecule has 0 saturated heterocycles. The number of carbonyl (C=O) groups excluding carboxylic acids is 2. The Morgan fingerprint density at radius 1 is 0.971 bits per heavy atom. The van der Waals surface area contributed by atoms with Gasteiger partial charge in [-0.1, -0.05) is 51.5 Å². The van der Waals surface area contributed by atoms with Crippen molar-refractivity contribution in [3.63, 3.8) is 0 Å². The molecule has 0 unspecified atom stereocenters. The predicted molar refractivity (Wildman–Crippen MR) is 142 cm³/mol. The van der Waals surface area contributed by atoms with Gasteiger partial charge >= 0.3 is 5.91 Å². The van der Waals surface area contributed by atoms with Gasteiger partial charge in [-0.15, -0.1) is 0 Å². The van der Waals surface area contributed by atoms with E-state index in [4.69, 9.17) is 0 Å². The van der Waals surface area contributed by atoms with E-state index in [1.807, 2.05) is 63.5 Å². The fourth-order valence-electron chi connectivity index (χ4n) is 4.06. The van der Waals surface area contributed by atoms with Crippen molar-refractivity contribution in [1.82, 2.24) is 10.3 Å². The Labute approximate surface area is 210 Å². The molecule has 2 amide bonds. The van der Waals surface area contributed by atoms with E-state index in [1.165, 1.54) is 0 Å². The van der Waals surface area contributed by atoms with Gasteiger partial charge in [0.2, 0.25) is 12.5 Å². The van der Waals surface area contributed by atoms with Gasteiger partial charge in [-0.2, -0.15) is 9.67 Å². The summed E-state index contributed by atoms with van der Waals surface area (Å²) in [6, 6.07) is 11.6. The second-order valence-corrected chi connectivity index (χ2v) is 10.2. The second-order valence-electron chi connectivity index (χ2n) is 10.2. The SMILES string of the molecule is C/C(=N/NC(=O)C[n+]1ccccc1)[C@@H](CN(CC(C)C)CC(C)C)C(=O)Nc1ccc(C)cc1C. The molecular formula is C28H42N5O2+. The number of hydrogen-bond donors (Lipinski definition) is 2. The summed E-state index contributed by atoms with van der Waals surface area (Å²) >= 11 is 0. The lowest BCUT2D eigenvalue weighted by Crippen LogP contribution is -2.44. The maximum Gasteiger partial charge on any atom is 0.305 e. The lowest BCUT2D eigenvalue weighted by atomic mass is 10.00. The van der Waals surface area contributed by atoms with Gasteiger partial charge in [0.05, 0.1) is 5.92 Å². The lowest BCUT2D eigenvalue weighted by molar-refractivity contribution is -0.684. The summed E-state index contributed by atoms with van der Waals surface area (Å²) in [6.07, 6.45) is 3.65. The minimum atomic E-state index is -0.502. The number of nitrogens with one attached hydrogen (secondary N) is 2. The molecule has 0 spiro atoms. The fraction of sp³-hybridized carbons (Fsp3) is 0.500. The highest BCUT2D eigenvalue weighted by Gasteiger charge is 2.26. The summed E-state index contributed by atoms with van der Waals surface area (Å²) in [5, 5.41) is 7.44. The summed E-state index contributed by atoms with van der Waals surface area (Å²) < 4.78 is 1.78. The van der Waals surface area contributed by atoms with Gasteiger partial charge < -0.3 is 10.2 Å². The van der Waals surface area contributed by atoms with Crippen LogP contribution in [0.1, 0.15) is 45.7 Å². The maximum absolute atomic E-state index is 13.5. The van der Waals surface area contributed by atoms with Crippen molar-refractivity contribution in [2.24, 2.45) is 22.9 Å². The van der Waals surface area contributed by atoms with E-state index in [-0.39, 0.29) is 18.4 Å². The number of rotatable bonds is 12. The molecule has 2 N–H and O–H groups in total. The number of hydrogen-bond acceptors (Lipinski definition) is 4. The van der Waals surface area contributed by atoms with Crippen LogP contribution in [0.3, 0.4) is 0 Å². The molecule has 2 aromatic rings. The predicted octanol–water partition coefficient (Wildman–Crippen LogP) is 3.95. The van der Waals surface area contributed by atoms with Crippen molar-refractivity contribution in [2.45, 2.75) is 55.0 Å². The van der Waals surface area contributed by atoms with Crippen LogP contribution in [0.15, 0.2) is 53.9 Å². The third-order valence-corrected chi connectivity index (χ3v) is 5.61. The fourth-order valence-corrected chi connectivity index (χ4v) is 4.06. The second kappa shape index (κ2) is 13.7. The van der Waals surface area contributed by atoms with Crippen LogP contribution in [0.5, 0.6) is 0 Å². The van der Waals surface area contributed by atoms with E-state index in [9.17, 15) is 9.59 Å². The van der Waals surface area contributed by atoms with Crippen LogP contribution in [0.2, 0.25) is 0 Å². The maximum atomic E-state index is 13.5. The number of aromatic nitrogens is 1. The first-order chi connectivity index (χ1) is 16.5. The van der Waals surface area contributed by atoms with E-state index < -0.39 is 5.92 Å². The number of pyridine rings is 1. The smallest absolute Gasteiger partial charge is 0.305 e. The van der Waals surface area contributed by atoms with Crippen molar-refractivity contribution >= 4 is 23.2 Å². The molecular weight excluding hydrogens is 438 g/mol. The van der Waals surface area contributed by atoms with Crippen LogP contribution < -0.4 is 15.3 Å². The van der Waals surface area contributed by atoms with Crippen LogP contribution in [0.4, 0.5) is 5.69 Å². The Balaban J connectivity index is 2.23. The normalized spacial score (nSPS) is 12.8. The lowest BCUT2D eigenvalue weighted by Gasteiger charge is -2.30. The molecule has 1 aromatic carbocycles. The van der Waals surface area contributed by atoms with Crippen molar-refractivity contribution in [2.75, 3.05) is 25.0 Å². The molecule has 2 rings (SSSR count). The Bertz CT molecular complexity index is 992. The third-order valence-electron chi connectivity index (χ3n) is 5.61. The first-order valence-corrected chi connectivity index (χ1v) is 12.4. The first-order valence-electron chi connectivity index (χ1n) is 12.4. The monoisotopic (exact) mass is 480 g/mol. The van der Waals surface area contributed by atoms with E-state index in [0.29, 0.717) is 24.1 Å². The Morgan fingerprint density at radius 3 is 2.17 bits per heavy atom. The zero-order valence-corrected chi connectivity index (χ0v) is 22.3. The molecule has 0 aliphatic heterocycles. The van der Waals surface area contributed by atoms with Gasteiger partial charge in [0, 0.05) is 43.2 Å². The molecule has 1 aromatic heterocycles. The summed E-state index contributed by atoms with van der Waals surface area (Å²) in [6.45, 7) is 17.0. The van der Waals surface area contributed by atoms with Crippen molar-refractivity contribution in [1.29, 1.82) is 0 Å². The average molecular weight is 481 g/mol. The molecule has 1 heterocycles. The van der Waals surface area contributed by atoms with Gasteiger partial charge in [0.15, 0.2) is 12.4 Å². The van der Waals surface area contributed by atoms with Crippen LogP contribution in [-0.4, -0.2) is 42.1 Å². The van der Waals surface area contributed by atoms with Crippen molar-refractivity contribution in [3.8, 4) is 0 Å². The summed E-state index contributed by atoms with van der Waals surface area (Å²) in [5.41, 5.74) is 6.17. The van der Waals surface area contributed by atoms with E-state index in [0.717, 1.165) is 29.9 Å². The van der Waals surface area contributed by atoms with Crippen LogP contribution >= 0.6 is 0 Å². The summed E-state index contributed by atoms with van der Waals surface area (Å²) in [4.78, 5) is 28.3. The Morgan fingerprint density at radius 2 is 1.60 bits per heavy atom. The molecule has 7 nitrogen and oxygen atoms in total. The van der Waals surface area contributed by atoms with Crippen molar-refractivity contribution < 1.29 is 14.2 Å². The third kappa shape index (κ3) is 9.99. The highest BCUT2D eigenvalue weighted by Crippen LogP contribution is 2.18. The highest BCUT2D eigenvalue weighted by atomic mass is 16.2. The standard InChI is InChI=1S/C28H41N5O2/c1-20(2)16-33(17-21(3)4)18-25(28(35)29-26-12-11-22(5)15-23(26)6)24(7)30-31-27(34)19-32-13-9-8-10-14-32/h8-15,20-21,25H,16-19H2,1-7H3,(H-,29,31,34,35)/p+1/b30-24-/t25-/m1/s1. The Hall–Kier alpha value is -3.06. The topological polar surface area (TPSA) is 77.7 Å². The molecule has 1 atom stereocenters. The zero-order valence-electron chi connectivity index (χ0n) is 22.3. The van der Waals surface area contributed by atoms with Crippen LogP contribution in [0.25, 0.3) is 0 Å². The number of anilines is 1. The number of hydrazone groups is 1.